The fraction of sp³-hybridized carbons (Fsp3) is 0.176. The molecule has 3 rings (SSSR count). The number of aryl methyl sites for hydroxylation is 2. The zero-order valence-electron chi connectivity index (χ0n) is 12.6. The number of H-pyrrole nitrogens is 1. The molecule has 2 aromatic carbocycles. The average Bonchev–Trinajstić information content (AvgIpc) is 3.00. The maximum atomic E-state index is 13.0. The monoisotopic (exact) mass is 598 g/mol. The molecule has 0 radical (unpaired) electrons. The molecule has 0 amide bonds. The van der Waals surface area contributed by atoms with Gasteiger partial charge in [0.05, 0.1) is 17.3 Å². The number of rotatable bonds is 1. The van der Waals surface area contributed by atoms with Crippen molar-refractivity contribution in [2.75, 3.05) is 0 Å². The smallest absolute Gasteiger partial charge is 0.154 e. The third-order valence-electron chi connectivity index (χ3n) is 3.30. The van der Waals surface area contributed by atoms with Crippen molar-refractivity contribution < 1.29 is 9.18 Å². The van der Waals surface area contributed by atoms with Crippen LogP contribution in [0, 0.1) is 19.7 Å². The van der Waals surface area contributed by atoms with E-state index in [1.54, 1.807) is 6.92 Å². The molecular weight excluding hydrogens is 587 g/mol. The summed E-state index contributed by atoms with van der Waals surface area (Å²) in [5.41, 5.74) is 3.05. The van der Waals surface area contributed by atoms with E-state index in [-0.39, 0.29) is 13.0 Å². The minimum atomic E-state index is -0.502. The van der Waals surface area contributed by atoms with Crippen molar-refractivity contribution in [1.82, 2.24) is 10.2 Å². The van der Waals surface area contributed by atoms with Crippen LogP contribution in [0.1, 0.15) is 28.9 Å². The molecular formula is C17H15Br4FN2O. The van der Waals surface area contributed by atoms with Crippen molar-refractivity contribution in [3.63, 3.8) is 0 Å². The number of halogens is 5. The fourth-order valence-corrected chi connectivity index (χ4v) is 3.87. The zero-order valence-corrected chi connectivity index (χ0v) is 18.9. The number of nitrogens with zero attached hydrogens (tertiary/aromatic N) is 1. The van der Waals surface area contributed by atoms with E-state index in [9.17, 15) is 9.18 Å². The standard InChI is InChI=1S/C8H5Br2FO.C8H6Br2N2.CH4/c1-4-2-6(11)5(3-12)8(10)7(4)9;1-4-2-6-5(3-11-12-6)8(10)7(4)9;/h2-3H,1H3;2-3H,1H3,(H,11,12);1H4. The van der Waals surface area contributed by atoms with Crippen LogP contribution in [0.5, 0.6) is 0 Å². The minimum absolute atomic E-state index is 0. The first kappa shape index (κ1) is 22.5. The predicted molar refractivity (Wildman–Crippen MR) is 115 cm³/mol. The summed E-state index contributed by atoms with van der Waals surface area (Å²) in [4.78, 5) is 10.4. The van der Waals surface area contributed by atoms with Gasteiger partial charge in [-0.15, -0.1) is 0 Å². The summed E-state index contributed by atoms with van der Waals surface area (Å²) in [6.45, 7) is 3.81. The molecule has 0 bridgehead atoms. The van der Waals surface area contributed by atoms with Crippen molar-refractivity contribution in [3.05, 3.63) is 58.7 Å². The van der Waals surface area contributed by atoms with Gasteiger partial charge in [0, 0.05) is 23.3 Å². The van der Waals surface area contributed by atoms with Crippen LogP contribution < -0.4 is 0 Å². The third kappa shape index (κ3) is 4.78. The number of carbonyl (C=O) groups excluding carboxylic acids is 1. The van der Waals surface area contributed by atoms with Gasteiger partial charge in [0.25, 0.3) is 0 Å². The lowest BCUT2D eigenvalue weighted by Crippen LogP contribution is -1.92. The van der Waals surface area contributed by atoms with Crippen molar-refractivity contribution in [1.29, 1.82) is 0 Å². The number of fused-ring (bicyclic) bond motifs is 1. The number of hydrogen-bond donors (Lipinski definition) is 1. The second kappa shape index (κ2) is 9.39. The lowest BCUT2D eigenvalue weighted by molar-refractivity contribution is 0.111. The second-order valence-electron chi connectivity index (χ2n) is 4.99. The summed E-state index contributed by atoms with van der Waals surface area (Å²) in [6, 6.07) is 3.38. The van der Waals surface area contributed by atoms with Crippen LogP contribution in [0.2, 0.25) is 0 Å². The van der Waals surface area contributed by atoms with E-state index in [2.05, 4.69) is 86.9 Å². The van der Waals surface area contributed by atoms with Crippen LogP contribution >= 0.6 is 63.7 Å². The van der Waals surface area contributed by atoms with Crippen LogP contribution in [-0.4, -0.2) is 16.5 Å². The van der Waals surface area contributed by atoms with E-state index in [1.807, 2.05) is 6.20 Å². The number of aromatic nitrogens is 2. The van der Waals surface area contributed by atoms with Gasteiger partial charge in [-0.1, -0.05) is 7.43 Å². The zero-order chi connectivity index (χ0) is 18.0. The number of nitrogens with one attached hydrogen (secondary N) is 1. The topological polar surface area (TPSA) is 45.8 Å². The summed E-state index contributed by atoms with van der Waals surface area (Å²) < 4.78 is 16.3. The SMILES string of the molecule is C.Cc1cc(F)c(C=O)c(Br)c1Br.Cc1cc2[nH]ncc2c(Br)c1Br. The highest BCUT2D eigenvalue weighted by Gasteiger charge is 2.11. The third-order valence-corrected chi connectivity index (χ3v) is 8.05. The van der Waals surface area contributed by atoms with Gasteiger partial charge in [-0.25, -0.2) is 4.39 Å². The Bertz CT molecular complexity index is 925. The Hall–Kier alpha value is -0.570. The molecule has 0 aliphatic heterocycles. The maximum Gasteiger partial charge on any atom is 0.154 e. The predicted octanol–water partition coefficient (Wildman–Crippen LogP) is 7.50. The lowest BCUT2D eigenvalue weighted by Gasteiger charge is -2.04. The number of aromatic amines is 1. The number of aldehydes is 1. The van der Waals surface area contributed by atoms with Gasteiger partial charge >= 0.3 is 0 Å². The molecule has 0 saturated carbocycles. The van der Waals surface area contributed by atoms with Gasteiger partial charge in [0.15, 0.2) is 6.29 Å². The van der Waals surface area contributed by atoms with Gasteiger partial charge in [-0.05, 0) is 101 Å². The average molecular weight is 602 g/mol. The van der Waals surface area contributed by atoms with E-state index in [4.69, 9.17) is 0 Å². The van der Waals surface area contributed by atoms with E-state index in [0.717, 1.165) is 25.4 Å². The highest BCUT2D eigenvalue weighted by molar-refractivity contribution is 9.13. The molecule has 8 heteroatoms. The molecule has 0 fully saturated rings. The van der Waals surface area contributed by atoms with Crippen LogP contribution in [0.3, 0.4) is 0 Å². The Labute approximate surface area is 179 Å². The summed E-state index contributed by atoms with van der Waals surface area (Å²) in [6.07, 6.45) is 2.30. The first-order valence-corrected chi connectivity index (χ1v) is 9.82. The molecule has 1 aromatic heterocycles. The highest BCUT2D eigenvalue weighted by Crippen LogP contribution is 2.33. The number of hydrogen-bond acceptors (Lipinski definition) is 2. The molecule has 3 nitrogen and oxygen atoms in total. The van der Waals surface area contributed by atoms with Crippen LogP contribution in [0.15, 0.2) is 36.2 Å². The molecule has 0 aliphatic carbocycles. The normalized spacial score (nSPS) is 10.0. The molecule has 0 atom stereocenters. The maximum absolute atomic E-state index is 13.0. The van der Waals surface area contributed by atoms with E-state index < -0.39 is 5.82 Å². The molecule has 3 aromatic rings. The Morgan fingerprint density at radius 3 is 2.16 bits per heavy atom. The van der Waals surface area contributed by atoms with Crippen LogP contribution in [-0.2, 0) is 0 Å². The minimum Gasteiger partial charge on any atom is -0.298 e. The van der Waals surface area contributed by atoms with Crippen molar-refractivity contribution in [2.24, 2.45) is 0 Å². The van der Waals surface area contributed by atoms with E-state index >= 15 is 0 Å². The summed E-state index contributed by atoms with van der Waals surface area (Å²) in [7, 11) is 0. The molecule has 0 saturated heterocycles. The Morgan fingerprint density at radius 2 is 1.56 bits per heavy atom. The first-order chi connectivity index (χ1) is 11.3. The van der Waals surface area contributed by atoms with Gasteiger partial charge in [-0.3, -0.25) is 9.89 Å². The molecule has 1 N–H and O–H groups in total. The van der Waals surface area contributed by atoms with Gasteiger partial charge in [0.2, 0.25) is 0 Å². The molecule has 25 heavy (non-hydrogen) atoms. The van der Waals surface area contributed by atoms with Gasteiger partial charge in [-0.2, -0.15) is 5.10 Å². The molecule has 134 valence electrons. The number of carbonyl (C=O) groups is 1. The van der Waals surface area contributed by atoms with Crippen molar-refractivity contribution in [2.45, 2.75) is 21.3 Å². The van der Waals surface area contributed by atoms with Crippen LogP contribution in [0.25, 0.3) is 10.9 Å². The Morgan fingerprint density at radius 1 is 1.00 bits per heavy atom. The van der Waals surface area contributed by atoms with Crippen molar-refractivity contribution in [3.8, 4) is 0 Å². The first-order valence-electron chi connectivity index (χ1n) is 6.64. The van der Waals surface area contributed by atoms with Gasteiger partial charge in [0.1, 0.15) is 5.82 Å². The lowest BCUT2D eigenvalue weighted by atomic mass is 10.1. The molecule has 0 unspecified atom stereocenters. The summed E-state index contributed by atoms with van der Waals surface area (Å²) in [5.74, 6) is -0.502. The summed E-state index contributed by atoms with van der Waals surface area (Å²) >= 11 is 13.4. The molecule has 0 spiro atoms. The fourth-order valence-electron chi connectivity index (χ4n) is 1.99. The largest absolute Gasteiger partial charge is 0.298 e. The highest BCUT2D eigenvalue weighted by atomic mass is 79.9. The number of benzene rings is 2. The van der Waals surface area contributed by atoms with Crippen molar-refractivity contribution >= 4 is 80.9 Å². The summed E-state index contributed by atoms with van der Waals surface area (Å²) in [5, 5.41) is 8.00. The molecule has 0 aliphatic rings. The van der Waals surface area contributed by atoms with E-state index in [0.29, 0.717) is 15.2 Å². The van der Waals surface area contributed by atoms with Gasteiger partial charge < -0.3 is 0 Å². The quantitative estimate of drug-likeness (QED) is 0.232. The molecule has 1 heterocycles. The Kier molecular flexibility index (Phi) is 8.44. The Balaban J connectivity index is 0.000000240. The second-order valence-corrected chi connectivity index (χ2v) is 8.16. The van der Waals surface area contributed by atoms with Crippen LogP contribution in [0.4, 0.5) is 4.39 Å². The van der Waals surface area contributed by atoms with E-state index in [1.165, 1.54) is 11.6 Å².